The molecule has 116 valence electrons. The van der Waals surface area contributed by atoms with Gasteiger partial charge in [-0.05, 0) is 66.8 Å². The number of carbonyl (C=O) groups is 2. The van der Waals surface area contributed by atoms with E-state index in [2.05, 4.69) is 0 Å². The van der Waals surface area contributed by atoms with Crippen molar-refractivity contribution in [2.45, 2.75) is 19.3 Å². The van der Waals surface area contributed by atoms with Crippen LogP contribution in [0.15, 0.2) is 56.8 Å². The lowest BCUT2D eigenvalue weighted by atomic mass is 9.67. The van der Waals surface area contributed by atoms with Crippen molar-refractivity contribution in [1.29, 1.82) is 0 Å². The summed E-state index contributed by atoms with van der Waals surface area (Å²) >= 11 is 0. The van der Waals surface area contributed by atoms with Crippen molar-refractivity contribution in [3.63, 3.8) is 0 Å². The third kappa shape index (κ3) is 2.61. The predicted octanol–water partition coefficient (Wildman–Crippen LogP) is 3.91. The number of carbonyl (C=O) groups excluding carboxylic acids is 2. The summed E-state index contributed by atoms with van der Waals surface area (Å²) in [4.78, 5) is 25.3. The molecule has 2 heterocycles. The summed E-state index contributed by atoms with van der Waals surface area (Å²) in [6.07, 6.45) is 8.34. The lowest BCUT2D eigenvalue weighted by Gasteiger charge is -2.34. The van der Waals surface area contributed by atoms with Gasteiger partial charge in [0.2, 0.25) is 0 Å². The highest BCUT2D eigenvalue weighted by molar-refractivity contribution is 6.09. The molecule has 0 spiro atoms. The third-order valence-electron chi connectivity index (χ3n) is 4.60. The summed E-state index contributed by atoms with van der Waals surface area (Å²) in [6, 6.07) is 7.20. The van der Waals surface area contributed by atoms with Crippen molar-refractivity contribution >= 4 is 23.7 Å². The monoisotopic (exact) mass is 308 g/mol. The van der Waals surface area contributed by atoms with Crippen molar-refractivity contribution in [1.82, 2.24) is 0 Å². The van der Waals surface area contributed by atoms with Crippen LogP contribution in [0.25, 0.3) is 12.2 Å². The molecule has 2 fully saturated rings. The van der Waals surface area contributed by atoms with Gasteiger partial charge in [0.15, 0.2) is 11.6 Å². The maximum atomic E-state index is 12.6. The molecule has 0 saturated heterocycles. The average Bonchev–Trinajstić information content (AvgIpc) is 3.22. The number of hydrogen-bond acceptors (Lipinski definition) is 4. The van der Waals surface area contributed by atoms with Gasteiger partial charge in [0.05, 0.1) is 12.5 Å². The largest absolute Gasteiger partial charge is 0.465 e. The molecule has 0 aromatic carbocycles. The second-order valence-electron chi connectivity index (χ2n) is 6.14. The molecule has 2 aliphatic carbocycles. The standard InChI is InChI=1S/C19H16O4/c20-18-13-7-12(8-14(18)10-16-3-1-5-22-16)19(21)15(9-13)11-17-4-2-6-23-17/h1-6,10-13H,7-9H2/b14-10-,15-11-/t12-,13+. The lowest BCUT2D eigenvalue weighted by molar-refractivity contribution is -0.127. The van der Waals surface area contributed by atoms with Crippen molar-refractivity contribution in [3.8, 4) is 0 Å². The van der Waals surface area contributed by atoms with Crippen molar-refractivity contribution in [2.75, 3.05) is 0 Å². The molecule has 0 unspecified atom stereocenters. The van der Waals surface area contributed by atoms with Gasteiger partial charge in [0, 0.05) is 11.8 Å². The molecule has 0 amide bonds. The molecule has 2 atom stereocenters. The minimum Gasteiger partial charge on any atom is -0.465 e. The summed E-state index contributed by atoms with van der Waals surface area (Å²) in [5.74, 6) is 1.35. The van der Waals surface area contributed by atoms with Crippen LogP contribution >= 0.6 is 0 Å². The van der Waals surface area contributed by atoms with Gasteiger partial charge in [-0.2, -0.15) is 0 Å². The van der Waals surface area contributed by atoms with Gasteiger partial charge in [-0.15, -0.1) is 0 Å². The van der Waals surface area contributed by atoms with Gasteiger partial charge < -0.3 is 8.83 Å². The SMILES string of the molecule is O=C1/C(=C\c2ccco2)C[C@H]2C[C@H]1C/C(=C/c1ccco1)C2=O. The number of hydrogen-bond donors (Lipinski definition) is 0. The van der Waals surface area contributed by atoms with E-state index in [4.69, 9.17) is 8.83 Å². The highest BCUT2D eigenvalue weighted by Gasteiger charge is 2.41. The van der Waals surface area contributed by atoms with Gasteiger partial charge in [-0.1, -0.05) is 0 Å². The van der Waals surface area contributed by atoms with Crippen LogP contribution in [0.2, 0.25) is 0 Å². The normalized spacial score (nSPS) is 27.8. The molecule has 2 aliphatic rings. The second kappa shape index (κ2) is 5.54. The molecule has 4 nitrogen and oxygen atoms in total. The molecule has 2 aromatic heterocycles. The number of Topliss-reactive ketones (excluding diaryl/α,β-unsaturated/α-hetero) is 2. The smallest absolute Gasteiger partial charge is 0.162 e. The van der Waals surface area contributed by atoms with Crippen molar-refractivity contribution in [3.05, 3.63) is 59.5 Å². The zero-order valence-electron chi connectivity index (χ0n) is 12.5. The first-order chi connectivity index (χ1) is 11.2. The van der Waals surface area contributed by atoms with Crippen LogP contribution in [0.4, 0.5) is 0 Å². The highest BCUT2D eigenvalue weighted by atomic mass is 16.3. The minimum atomic E-state index is -0.117. The van der Waals surface area contributed by atoms with Crippen LogP contribution in [-0.2, 0) is 9.59 Å². The van der Waals surface area contributed by atoms with Crippen LogP contribution in [0.1, 0.15) is 30.8 Å². The summed E-state index contributed by atoms with van der Waals surface area (Å²) in [5, 5.41) is 0. The van der Waals surface area contributed by atoms with Gasteiger partial charge >= 0.3 is 0 Å². The Morgan fingerprint density at radius 1 is 0.826 bits per heavy atom. The molecule has 0 aliphatic heterocycles. The van der Waals surface area contributed by atoms with E-state index >= 15 is 0 Å². The quantitative estimate of drug-likeness (QED) is 0.789. The molecule has 0 N–H and O–H groups in total. The molecule has 4 heteroatoms. The third-order valence-corrected chi connectivity index (χ3v) is 4.60. The van der Waals surface area contributed by atoms with E-state index in [1.54, 1.807) is 36.8 Å². The van der Waals surface area contributed by atoms with E-state index in [1.165, 1.54) is 0 Å². The molecule has 23 heavy (non-hydrogen) atoms. The second-order valence-corrected chi connectivity index (χ2v) is 6.14. The molecule has 0 radical (unpaired) electrons. The maximum absolute atomic E-state index is 12.6. The van der Waals surface area contributed by atoms with E-state index in [0.717, 1.165) is 0 Å². The number of ketones is 2. The van der Waals surface area contributed by atoms with Gasteiger partial charge in [-0.3, -0.25) is 9.59 Å². The number of furan rings is 2. The minimum absolute atomic E-state index is 0.117. The summed E-state index contributed by atoms with van der Waals surface area (Å²) < 4.78 is 10.6. The number of fused-ring (bicyclic) bond motifs is 2. The summed E-state index contributed by atoms with van der Waals surface area (Å²) in [7, 11) is 0. The topological polar surface area (TPSA) is 60.4 Å². The Bertz CT molecular complexity index is 722. The first kappa shape index (κ1) is 14.0. The predicted molar refractivity (Wildman–Crippen MR) is 84.2 cm³/mol. The summed E-state index contributed by atoms with van der Waals surface area (Å²) in [5.41, 5.74) is 1.40. The van der Waals surface area contributed by atoms with Crippen LogP contribution < -0.4 is 0 Å². The Kier molecular flexibility index (Phi) is 3.37. The van der Waals surface area contributed by atoms with Crippen LogP contribution in [0.5, 0.6) is 0 Å². The Morgan fingerprint density at radius 2 is 1.30 bits per heavy atom. The molecule has 2 aromatic rings. The molecular weight excluding hydrogens is 292 g/mol. The summed E-state index contributed by atoms with van der Waals surface area (Å²) in [6.45, 7) is 0. The molecular formula is C19H16O4. The zero-order valence-corrected chi connectivity index (χ0v) is 12.5. The Morgan fingerprint density at radius 3 is 1.70 bits per heavy atom. The van der Waals surface area contributed by atoms with Gasteiger partial charge in [0.25, 0.3) is 0 Å². The van der Waals surface area contributed by atoms with Crippen LogP contribution in [-0.4, -0.2) is 11.6 Å². The fraction of sp³-hybridized carbons (Fsp3) is 0.263. The van der Waals surface area contributed by atoms with Crippen molar-refractivity contribution in [2.24, 2.45) is 11.8 Å². The first-order valence-corrected chi connectivity index (χ1v) is 7.77. The average molecular weight is 308 g/mol. The highest BCUT2D eigenvalue weighted by Crippen LogP contribution is 2.41. The maximum Gasteiger partial charge on any atom is 0.162 e. The fourth-order valence-corrected chi connectivity index (χ4v) is 3.52. The van der Waals surface area contributed by atoms with E-state index in [1.807, 2.05) is 12.1 Å². The van der Waals surface area contributed by atoms with E-state index in [9.17, 15) is 9.59 Å². The van der Waals surface area contributed by atoms with E-state index in [0.29, 0.717) is 41.9 Å². The molecule has 2 saturated carbocycles. The number of allylic oxidation sites excluding steroid dienone is 2. The molecule has 4 rings (SSSR count). The van der Waals surface area contributed by atoms with Crippen LogP contribution in [0, 0.1) is 11.8 Å². The van der Waals surface area contributed by atoms with E-state index < -0.39 is 0 Å². The zero-order chi connectivity index (χ0) is 15.8. The van der Waals surface area contributed by atoms with Crippen LogP contribution in [0.3, 0.4) is 0 Å². The first-order valence-electron chi connectivity index (χ1n) is 7.77. The van der Waals surface area contributed by atoms with Gasteiger partial charge in [-0.25, -0.2) is 0 Å². The Labute approximate surface area is 133 Å². The number of rotatable bonds is 2. The lowest BCUT2D eigenvalue weighted by Crippen LogP contribution is -2.37. The fourth-order valence-electron chi connectivity index (χ4n) is 3.52. The molecule has 2 bridgehead atoms. The van der Waals surface area contributed by atoms with E-state index in [-0.39, 0.29) is 23.4 Å². The Balaban J connectivity index is 1.63. The van der Waals surface area contributed by atoms with Crippen molar-refractivity contribution < 1.29 is 18.4 Å². The Hall–Kier alpha value is -2.62. The van der Waals surface area contributed by atoms with Gasteiger partial charge in [0.1, 0.15) is 11.5 Å².